The van der Waals surface area contributed by atoms with Crippen LogP contribution in [0.2, 0.25) is 0 Å². The first-order chi connectivity index (χ1) is 6.19. The molecule has 0 fully saturated rings. The second-order valence-corrected chi connectivity index (χ2v) is 2.97. The lowest BCUT2D eigenvalue weighted by Gasteiger charge is -2.08. The molecule has 1 N–H and O–H groups in total. The summed E-state index contributed by atoms with van der Waals surface area (Å²) < 4.78 is 5.03. The maximum Gasteiger partial charge on any atom is 0.161 e. The second-order valence-electron chi connectivity index (χ2n) is 2.97. The largest absolute Gasteiger partial charge is 0.504 e. The second kappa shape index (κ2) is 3.99. The van der Waals surface area contributed by atoms with Gasteiger partial charge in [-0.05, 0) is 25.0 Å². The molecular formula is C11H14O2. The van der Waals surface area contributed by atoms with Crippen LogP contribution in [-0.4, -0.2) is 12.2 Å². The van der Waals surface area contributed by atoms with E-state index in [0.29, 0.717) is 12.2 Å². The Labute approximate surface area is 78.5 Å². The van der Waals surface area contributed by atoms with Crippen molar-refractivity contribution in [3.8, 4) is 11.5 Å². The molecule has 0 aliphatic carbocycles. The number of methoxy groups -OCH3 is 1. The number of phenols is 1. The molecular weight excluding hydrogens is 164 g/mol. The van der Waals surface area contributed by atoms with Gasteiger partial charge in [-0.2, -0.15) is 0 Å². The van der Waals surface area contributed by atoms with Crippen molar-refractivity contribution in [3.05, 3.63) is 35.9 Å². The Morgan fingerprint density at radius 2 is 2.23 bits per heavy atom. The van der Waals surface area contributed by atoms with Gasteiger partial charge in [0.2, 0.25) is 0 Å². The number of hydrogen-bond acceptors (Lipinski definition) is 2. The molecule has 13 heavy (non-hydrogen) atoms. The van der Waals surface area contributed by atoms with Gasteiger partial charge in [0.05, 0.1) is 7.11 Å². The molecule has 0 bridgehead atoms. The van der Waals surface area contributed by atoms with Gasteiger partial charge in [0.1, 0.15) is 0 Å². The molecule has 0 unspecified atom stereocenters. The lowest BCUT2D eigenvalue weighted by Crippen LogP contribution is -1.90. The summed E-state index contributed by atoms with van der Waals surface area (Å²) in [6, 6.07) is 3.74. The Balaban J connectivity index is 3.18. The van der Waals surface area contributed by atoms with Crippen LogP contribution in [0.4, 0.5) is 0 Å². The monoisotopic (exact) mass is 178 g/mol. The number of hydrogen-bond donors (Lipinski definition) is 1. The maximum atomic E-state index is 9.67. The summed E-state index contributed by atoms with van der Waals surface area (Å²) in [4.78, 5) is 0. The lowest BCUT2D eigenvalue weighted by atomic mass is 10.1. The first-order valence-electron chi connectivity index (χ1n) is 4.16. The smallest absolute Gasteiger partial charge is 0.161 e. The van der Waals surface area contributed by atoms with Crippen molar-refractivity contribution in [2.45, 2.75) is 13.3 Å². The molecule has 1 aromatic carbocycles. The molecule has 2 heteroatoms. The lowest BCUT2D eigenvalue weighted by molar-refractivity contribution is 0.371. The zero-order valence-electron chi connectivity index (χ0n) is 8.00. The van der Waals surface area contributed by atoms with Crippen molar-refractivity contribution in [2.75, 3.05) is 7.11 Å². The number of rotatable bonds is 3. The third kappa shape index (κ3) is 2.02. The molecule has 70 valence electrons. The van der Waals surface area contributed by atoms with Crippen molar-refractivity contribution in [1.29, 1.82) is 0 Å². The summed E-state index contributed by atoms with van der Waals surface area (Å²) in [5, 5.41) is 9.67. The average Bonchev–Trinajstić information content (AvgIpc) is 2.11. The number of allylic oxidation sites excluding steroid dienone is 1. The molecule has 0 aliphatic rings. The summed E-state index contributed by atoms with van der Waals surface area (Å²) in [7, 11) is 1.55. The predicted octanol–water partition coefficient (Wildman–Crippen LogP) is 2.44. The first kappa shape index (κ1) is 9.65. The molecule has 0 heterocycles. The topological polar surface area (TPSA) is 29.5 Å². The third-order valence-corrected chi connectivity index (χ3v) is 1.88. The van der Waals surface area contributed by atoms with Gasteiger partial charge in [0, 0.05) is 5.56 Å². The van der Waals surface area contributed by atoms with Gasteiger partial charge in [0.25, 0.3) is 0 Å². The molecule has 0 saturated carbocycles. The zero-order valence-corrected chi connectivity index (χ0v) is 8.00. The van der Waals surface area contributed by atoms with Crippen LogP contribution < -0.4 is 4.74 Å². The maximum absolute atomic E-state index is 9.67. The SMILES string of the molecule is C=CCc1cc(C)cc(OC)c1O. The van der Waals surface area contributed by atoms with Crippen LogP contribution in [0.3, 0.4) is 0 Å². The van der Waals surface area contributed by atoms with Gasteiger partial charge in [-0.25, -0.2) is 0 Å². The van der Waals surface area contributed by atoms with Crippen molar-refractivity contribution < 1.29 is 9.84 Å². The highest BCUT2D eigenvalue weighted by molar-refractivity contribution is 5.48. The highest BCUT2D eigenvalue weighted by Gasteiger charge is 2.07. The Hall–Kier alpha value is -1.44. The van der Waals surface area contributed by atoms with Gasteiger partial charge in [0.15, 0.2) is 11.5 Å². The van der Waals surface area contributed by atoms with Gasteiger partial charge in [-0.15, -0.1) is 6.58 Å². The molecule has 0 aliphatic heterocycles. The van der Waals surface area contributed by atoms with Crippen LogP contribution in [-0.2, 0) is 6.42 Å². The minimum absolute atomic E-state index is 0.216. The Morgan fingerprint density at radius 1 is 1.54 bits per heavy atom. The highest BCUT2D eigenvalue weighted by Crippen LogP contribution is 2.31. The van der Waals surface area contributed by atoms with E-state index < -0.39 is 0 Å². The fraction of sp³-hybridized carbons (Fsp3) is 0.273. The zero-order chi connectivity index (χ0) is 9.84. The van der Waals surface area contributed by atoms with Gasteiger partial charge in [-0.3, -0.25) is 0 Å². The Bertz CT molecular complexity index is 316. The highest BCUT2D eigenvalue weighted by atomic mass is 16.5. The Morgan fingerprint density at radius 3 is 2.77 bits per heavy atom. The fourth-order valence-electron chi connectivity index (χ4n) is 1.28. The summed E-state index contributed by atoms with van der Waals surface area (Å²) in [6.45, 7) is 5.60. The molecule has 1 rings (SSSR count). The summed E-state index contributed by atoms with van der Waals surface area (Å²) in [6.07, 6.45) is 2.41. The minimum Gasteiger partial charge on any atom is -0.504 e. The summed E-state index contributed by atoms with van der Waals surface area (Å²) >= 11 is 0. The van der Waals surface area contributed by atoms with Crippen LogP contribution in [0.1, 0.15) is 11.1 Å². The molecule has 0 radical (unpaired) electrons. The van der Waals surface area contributed by atoms with Crippen molar-refractivity contribution in [3.63, 3.8) is 0 Å². The molecule has 0 saturated heterocycles. The number of ether oxygens (including phenoxy) is 1. The molecule has 1 aromatic rings. The van der Waals surface area contributed by atoms with Crippen molar-refractivity contribution >= 4 is 0 Å². The van der Waals surface area contributed by atoms with E-state index in [1.807, 2.05) is 19.1 Å². The fourth-order valence-corrected chi connectivity index (χ4v) is 1.28. The van der Waals surface area contributed by atoms with Crippen LogP contribution in [0, 0.1) is 6.92 Å². The average molecular weight is 178 g/mol. The van der Waals surface area contributed by atoms with E-state index in [-0.39, 0.29) is 5.75 Å². The van der Waals surface area contributed by atoms with Crippen LogP contribution in [0.15, 0.2) is 24.8 Å². The van der Waals surface area contributed by atoms with E-state index in [9.17, 15) is 5.11 Å². The van der Waals surface area contributed by atoms with E-state index in [1.54, 1.807) is 13.2 Å². The van der Waals surface area contributed by atoms with E-state index in [4.69, 9.17) is 4.74 Å². The van der Waals surface area contributed by atoms with E-state index in [0.717, 1.165) is 11.1 Å². The van der Waals surface area contributed by atoms with Crippen LogP contribution in [0.25, 0.3) is 0 Å². The Kier molecular flexibility index (Phi) is 2.96. The number of aromatic hydroxyl groups is 1. The summed E-state index contributed by atoms with van der Waals surface area (Å²) in [5.74, 6) is 0.741. The molecule has 0 aromatic heterocycles. The van der Waals surface area contributed by atoms with E-state index >= 15 is 0 Å². The third-order valence-electron chi connectivity index (χ3n) is 1.88. The summed E-state index contributed by atoms with van der Waals surface area (Å²) in [5.41, 5.74) is 1.93. The van der Waals surface area contributed by atoms with Crippen molar-refractivity contribution in [2.24, 2.45) is 0 Å². The van der Waals surface area contributed by atoms with Gasteiger partial charge in [-0.1, -0.05) is 12.1 Å². The molecule has 0 spiro atoms. The number of phenolic OH excluding ortho intramolecular Hbond substituents is 1. The van der Waals surface area contributed by atoms with Crippen LogP contribution in [0.5, 0.6) is 11.5 Å². The number of aryl methyl sites for hydroxylation is 1. The van der Waals surface area contributed by atoms with Crippen molar-refractivity contribution in [1.82, 2.24) is 0 Å². The molecule has 2 nitrogen and oxygen atoms in total. The quantitative estimate of drug-likeness (QED) is 0.720. The number of benzene rings is 1. The molecule has 0 atom stereocenters. The molecule has 0 amide bonds. The van der Waals surface area contributed by atoms with Gasteiger partial charge < -0.3 is 9.84 Å². The van der Waals surface area contributed by atoms with Gasteiger partial charge >= 0.3 is 0 Å². The standard InChI is InChI=1S/C11H14O2/c1-4-5-9-6-8(2)7-10(13-3)11(9)12/h4,6-7,12H,1,5H2,2-3H3. The normalized spacial score (nSPS) is 9.69. The van der Waals surface area contributed by atoms with E-state index in [1.165, 1.54) is 0 Å². The first-order valence-corrected chi connectivity index (χ1v) is 4.16. The van der Waals surface area contributed by atoms with Crippen LogP contribution >= 0.6 is 0 Å². The minimum atomic E-state index is 0.216. The predicted molar refractivity (Wildman–Crippen MR) is 53.3 cm³/mol. The van der Waals surface area contributed by atoms with E-state index in [2.05, 4.69) is 6.58 Å².